The Morgan fingerprint density at radius 2 is 1.86 bits per heavy atom. The number of likely N-dealkylation sites (N-methyl/N-ethyl adjacent to an activating group) is 1. The highest BCUT2D eigenvalue weighted by atomic mass is 15.3. The predicted octanol–water partition coefficient (Wildman–Crippen LogP) is 1.98. The Labute approximate surface area is 132 Å². The quantitative estimate of drug-likeness (QED) is 0.864. The molecule has 0 bridgehead atoms. The molecule has 6 nitrogen and oxygen atoms in total. The van der Waals surface area contributed by atoms with Crippen LogP contribution in [0.3, 0.4) is 0 Å². The molecule has 0 N–H and O–H groups in total. The first kappa shape index (κ1) is 15.2. The number of anilines is 1. The summed E-state index contributed by atoms with van der Waals surface area (Å²) in [4.78, 5) is 14.0. The number of aromatic nitrogens is 4. The van der Waals surface area contributed by atoms with Crippen molar-refractivity contribution in [3.8, 4) is 0 Å². The van der Waals surface area contributed by atoms with Crippen LogP contribution in [-0.4, -0.2) is 57.9 Å². The maximum absolute atomic E-state index is 4.64. The highest BCUT2D eigenvalue weighted by Crippen LogP contribution is 2.22. The maximum Gasteiger partial charge on any atom is 0.163 e. The van der Waals surface area contributed by atoms with E-state index in [1.807, 2.05) is 24.9 Å². The van der Waals surface area contributed by atoms with Crippen molar-refractivity contribution in [2.75, 3.05) is 38.1 Å². The molecule has 2 aromatic heterocycles. The van der Waals surface area contributed by atoms with E-state index in [0.29, 0.717) is 0 Å². The molecule has 0 radical (unpaired) electrons. The first-order chi connectivity index (χ1) is 10.6. The molecule has 22 heavy (non-hydrogen) atoms. The van der Waals surface area contributed by atoms with Gasteiger partial charge in [-0.2, -0.15) is 5.10 Å². The molecule has 3 rings (SSSR count). The van der Waals surface area contributed by atoms with Gasteiger partial charge in [0.05, 0.1) is 11.6 Å². The minimum absolute atomic E-state index is 0.799. The molecule has 1 fully saturated rings. The lowest BCUT2D eigenvalue weighted by Gasteiger charge is -2.25. The van der Waals surface area contributed by atoms with Crippen LogP contribution in [0.4, 0.5) is 5.82 Å². The van der Waals surface area contributed by atoms with Gasteiger partial charge >= 0.3 is 0 Å². The van der Waals surface area contributed by atoms with Crippen molar-refractivity contribution in [3.05, 3.63) is 12.0 Å². The Morgan fingerprint density at radius 1 is 1.14 bits per heavy atom. The summed E-state index contributed by atoms with van der Waals surface area (Å²) >= 11 is 0. The van der Waals surface area contributed by atoms with E-state index >= 15 is 0 Å². The number of aryl methyl sites for hydroxylation is 2. The molecule has 0 aliphatic carbocycles. The average Bonchev–Trinajstić information content (AvgIpc) is 2.74. The second-order valence-electron chi connectivity index (χ2n) is 6.28. The SMILES string of the molecule is Cc1nc(N(C)CCN2CCCCCC2)c2cnn(C)c2n1. The first-order valence-electron chi connectivity index (χ1n) is 8.25. The number of likely N-dealkylation sites (tertiary alicyclic amines) is 1. The molecule has 1 aliphatic rings. The lowest BCUT2D eigenvalue weighted by atomic mass is 10.2. The van der Waals surface area contributed by atoms with Gasteiger partial charge in [-0.1, -0.05) is 12.8 Å². The number of hydrogen-bond acceptors (Lipinski definition) is 5. The fraction of sp³-hybridized carbons (Fsp3) is 0.688. The third-order valence-electron chi connectivity index (χ3n) is 4.50. The van der Waals surface area contributed by atoms with Crippen LogP contribution in [0.5, 0.6) is 0 Å². The highest BCUT2D eigenvalue weighted by Gasteiger charge is 2.15. The molecular formula is C16H26N6. The van der Waals surface area contributed by atoms with E-state index < -0.39 is 0 Å². The van der Waals surface area contributed by atoms with Gasteiger partial charge in [0.25, 0.3) is 0 Å². The summed E-state index contributed by atoms with van der Waals surface area (Å²) in [5.74, 6) is 1.79. The zero-order valence-electron chi connectivity index (χ0n) is 13.9. The molecule has 120 valence electrons. The Morgan fingerprint density at radius 3 is 2.59 bits per heavy atom. The Bertz CT molecular complexity index is 627. The zero-order chi connectivity index (χ0) is 15.5. The molecule has 0 unspecified atom stereocenters. The number of nitrogens with zero attached hydrogens (tertiary/aromatic N) is 6. The number of hydrogen-bond donors (Lipinski definition) is 0. The molecule has 0 amide bonds. The van der Waals surface area contributed by atoms with E-state index in [0.717, 1.165) is 35.8 Å². The van der Waals surface area contributed by atoms with Gasteiger partial charge in [-0.15, -0.1) is 0 Å². The maximum atomic E-state index is 4.64. The van der Waals surface area contributed by atoms with Gasteiger partial charge in [-0.25, -0.2) is 9.97 Å². The van der Waals surface area contributed by atoms with E-state index in [2.05, 4.69) is 31.9 Å². The van der Waals surface area contributed by atoms with Gasteiger partial charge in [0, 0.05) is 27.2 Å². The van der Waals surface area contributed by atoms with Crippen LogP contribution >= 0.6 is 0 Å². The van der Waals surface area contributed by atoms with Gasteiger partial charge in [-0.3, -0.25) is 4.68 Å². The fourth-order valence-corrected chi connectivity index (χ4v) is 3.16. The molecule has 1 aliphatic heterocycles. The van der Waals surface area contributed by atoms with Gasteiger partial charge in [-0.05, 0) is 32.9 Å². The lowest BCUT2D eigenvalue weighted by Crippen LogP contribution is -2.34. The molecule has 0 spiro atoms. The smallest absolute Gasteiger partial charge is 0.163 e. The normalized spacial score (nSPS) is 16.9. The van der Waals surface area contributed by atoms with E-state index in [-0.39, 0.29) is 0 Å². The minimum Gasteiger partial charge on any atom is -0.358 e. The summed E-state index contributed by atoms with van der Waals surface area (Å²) < 4.78 is 1.82. The first-order valence-corrected chi connectivity index (χ1v) is 8.25. The second-order valence-corrected chi connectivity index (χ2v) is 6.28. The Balaban J connectivity index is 1.73. The molecule has 6 heteroatoms. The Kier molecular flexibility index (Phi) is 4.57. The van der Waals surface area contributed by atoms with Crippen LogP contribution in [0.15, 0.2) is 6.20 Å². The molecule has 3 heterocycles. The molecule has 2 aromatic rings. The summed E-state index contributed by atoms with van der Waals surface area (Å²) in [5, 5.41) is 5.35. The van der Waals surface area contributed by atoms with Crippen LogP contribution in [0, 0.1) is 6.92 Å². The third-order valence-corrected chi connectivity index (χ3v) is 4.50. The number of fused-ring (bicyclic) bond motifs is 1. The minimum atomic E-state index is 0.799. The van der Waals surface area contributed by atoms with Crippen LogP contribution < -0.4 is 4.90 Å². The van der Waals surface area contributed by atoms with Crippen LogP contribution in [0.1, 0.15) is 31.5 Å². The van der Waals surface area contributed by atoms with Crippen molar-refractivity contribution in [2.45, 2.75) is 32.6 Å². The monoisotopic (exact) mass is 302 g/mol. The molecule has 0 atom stereocenters. The van der Waals surface area contributed by atoms with Crippen LogP contribution in [-0.2, 0) is 7.05 Å². The fourth-order valence-electron chi connectivity index (χ4n) is 3.16. The van der Waals surface area contributed by atoms with E-state index in [4.69, 9.17) is 0 Å². The summed E-state index contributed by atoms with van der Waals surface area (Å²) in [6, 6.07) is 0. The summed E-state index contributed by atoms with van der Waals surface area (Å²) in [5.41, 5.74) is 0.907. The van der Waals surface area contributed by atoms with Gasteiger partial charge in [0.2, 0.25) is 0 Å². The van der Waals surface area contributed by atoms with Gasteiger partial charge in [0.15, 0.2) is 5.65 Å². The van der Waals surface area contributed by atoms with Crippen molar-refractivity contribution >= 4 is 16.9 Å². The molecular weight excluding hydrogens is 276 g/mol. The third kappa shape index (κ3) is 3.21. The van der Waals surface area contributed by atoms with Crippen molar-refractivity contribution in [1.29, 1.82) is 0 Å². The number of rotatable bonds is 4. The lowest BCUT2D eigenvalue weighted by molar-refractivity contribution is 0.291. The predicted molar refractivity (Wildman–Crippen MR) is 89.2 cm³/mol. The van der Waals surface area contributed by atoms with Crippen molar-refractivity contribution in [1.82, 2.24) is 24.6 Å². The summed E-state index contributed by atoms with van der Waals surface area (Å²) in [6.45, 7) is 6.50. The topological polar surface area (TPSA) is 50.1 Å². The standard InChI is InChI=1S/C16H26N6/c1-13-18-15(14-12-17-21(3)16(14)19-13)20(2)10-11-22-8-6-4-5-7-9-22/h12H,4-11H2,1-3H3. The van der Waals surface area contributed by atoms with E-state index in [1.165, 1.54) is 38.8 Å². The largest absolute Gasteiger partial charge is 0.358 e. The van der Waals surface area contributed by atoms with Crippen molar-refractivity contribution < 1.29 is 0 Å². The van der Waals surface area contributed by atoms with Gasteiger partial charge in [0.1, 0.15) is 11.6 Å². The summed E-state index contributed by atoms with van der Waals surface area (Å²) in [6.07, 6.45) is 7.31. The van der Waals surface area contributed by atoms with Crippen LogP contribution in [0.2, 0.25) is 0 Å². The zero-order valence-corrected chi connectivity index (χ0v) is 13.9. The molecule has 0 aromatic carbocycles. The molecule has 0 saturated carbocycles. The van der Waals surface area contributed by atoms with Crippen molar-refractivity contribution in [2.24, 2.45) is 7.05 Å². The van der Waals surface area contributed by atoms with Gasteiger partial charge < -0.3 is 9.80 Å². The van der Waals surface area contributed by atoms with E-state index in [9.17, 15) is 0 Å². The second kappa shape index (κ2) is 6.60. The van der Waals surface area contributed by atoms with Crippen molar-refractivity contribution in [3.63, 3.8) is 0 Å². The average molecular weight is 302 g/mol. The highest BCUT2D eigenvalue weighted by molar-refractivity contribution is 5.86. The summed E-state index contributed by atoms with van der Waals surface area (Å²) in [7, 11) is 4.04. The van der Waals surface area contributed by atoms with Crippen LogP contribution in [0.25, 0.3) is 11.0 Å². The Hall–Kier alpha value is -1.69. The molecule has 1 saturated heterocycles. The van der Waals surface area contributed by atoms with E-state index in [1.54, 1.807) is 0 Å².